The van der Waals surface area contributed by atoms with Crippen LogP contribution >= 0.6 is 11.8 Å². The summed E-state index contributed by atoms with van der Waals surface area (Å²) in [5.41, 5.74) is 1.26. The van der Waals surface area contributed by atoms with Gasteiger partial charge in [0.2, 0.25) is 0 Å². The lowest BCUT2D eigenvalue weighted by Crippen LogP contribution is -2.22. The summed E-state index contributed by atoms with van der Waals surface area (Å²) in [6.07, 6.45) is 2.05. The number of ether oxygens (including phenoxy) is 1. The third-order valence-corrected chi connectivity index (χ3v) is 2.94. The maximum absolute atomic E-state index is 5.77. The van der Waals surface area contributed by atoms with E-state index in [1.807, 2.05) is 18.4 Å². The summed E-state index contributed by atoms with van der Waals surface area (Å²) in [4.78, 5) is -0.144. The predicted molar refractivity (Wildman–Crippen MR) is 59.4 cm³/mol. The number of hydrogen-bond acceptors (Lipinski definition) is 2. The van der Waals surface area contributed by atoms with Gasteiger partial charge in [-0.05, 0) is 39.2 Å². The van der Waals surface area contributed by atoms with Gasteiger partial charge in [-0.3, -0.25) is 0 Å². The molecule has 0 saturated carbocycles. The molecule has 0 aromatic heterocycles. The fourth-order valence-electron chi connectivity index (χ4n) is 0.932. The van der Waals surface area contributed by atoms with Crippen molar-refractivity contribution in [2.75, 3.05) is 6.26 Å². The molecule has 0 spiro atoms. The van der Waals surface area contributed by atoms with Gasteiger partial charge in [0, 0.05) is 0 Å². The van der Waals surface area contributed by atoms with Crippen LogP contribution in [-0.2, 0) is 0 Å². The van der Waals surface area contributed by atoms with Crippen LogP contribution in [0.4, 0.5) is 0 Å². The molecule has 0 bridgehead atoms. The minimum Gasteiger partial charge on any atom is -0.477 e. The number of benzene rings is 1. The molecule has 0 aliphatic carbocycles. The van der Waals surface area contributed by atoms with Crippen molar-refractivity contribution in [3.05, 3.63) is 29.8 Å². The van der Waals surface area contributed by atoms with E-state index in [9.17, 15) is 0 Å². The summed E-state index contributed by atoms with van der Waals surface area (Å²) in [5.74, 6) is 0.935. The van der Waals surface area contributed by atoms with Gasteiger partial charge in [-0.1, -0.05) is 17.7 Å². The van der Waals surface area contributed by atoms with Crippen molar-refractivity contribution in [1.82, 2.24) is 0 Å². The van der Waals surface area contributed by atoms with Gasteiger partial charge in [0.1, 0.15) is 10.7 Å². The Kier molecular flexibility index (Phi) is 3.26. The highest BCUT2D eigenvalue weighted by Gasteiger charge is 2.16. The molecule has 13 heavy (non-hydrogen) atoms. The van der Waals surface area contributed by atoms with E-state index < -0.39 is 0 Å². The standard InChI is InChI=1S/C11H16OS/c1-9-5-7-10(8-6-9)12-11(2,3)13-4/h5-8H,1-4H3. The Morgan fingerprint density at radius 2 is 1.69 bits per heavy atom. The van der Waals surface area contributed by atoms with Gasteiger partial charge in [0.05, 0.1) is 0 Å². The molecule has 1 rings (SSSR count). The monoisotopic (exact) mass is 196 g/mol. The molecule has 2 heteroatoms. The maximum atomic E-state index is 5.77. The molecule has 0 amide bonds. The van der Waals surface area contributed by atoms with Crippen molar-refractivity contribution in [3.63, 3.8) is 0 Å². The first-order valence-corrected chi connectivity index (χ1v) is 5.57. The van der Waals surface area contributed by atoms with E-state index in [1.54, 1.807) is 11.8 Å². The van der Waals surface area contributed by atoms with Crippen LogP contribution in [0.25, 0.3) is 0 Å². The minimum atomic E-state index is -0.144. The van der Waals surface area contributed by atoms with Crippen molar-refractivity contribution >= 4 is 11.8 Å². The second kappa shape index (κ2) is 4.05. The SMILES string of the molecule is CSC(C)(C)Oc1ccc(C)cc1. The Labute approximate surface area is 84.5 Å². The lowest BCUT2D eigenvalue weighted by atomic mass is 10.2. The Bertz CT molecular complexity index is 264. The van der Waals surface area contributed by atoms with Gasteiger partial charge < -0.3 is 4.74 Å². The minimum absolute atomic E-state index is 0.144. The van der Waals surface area contributed by atoms with E-state index in [4.69, 9.17) is 4.74 Å². The second-order valence-corrected chi connectivity index (χ2v) is 4.91. The molecule has 0 aliphatic rings. The van der Waals surface area contributed by atoms with Gasteiger partial charge in [-0.25, -0.2) is 0 Å². The summed E-state index contributed by atoms with van der Waals surface area (Å²) < 4.78 is 5.77. The molecule has 0 radical (unpaired) electrons. The lowest BCUT2D eigenvalue weighted by Gasteiger charge is -2.23. The van der Waals surface area contributed by atoms with Crippen LogP contribution in [0, 0.1) is 6.92 Å². The summed E-state index contributed by atoms with van der Waals surface area (Å²) >= 11 is 1.70. The maximum Gasteiger partial charge on any atom is 0.148 e. The summed E-state index contributed by atoms with van der Waals surface area (Å²) in [6, 6.07) is 8.14. The van der Waals surface area contributed by atoms with Crippen molar-refractivity contribution in [2.24, 2.45) is 0 Å². The van der Waals surface area contributed by atoms with E-state index in [1.165, 1.54) is 5.56 Å². The molecule has 1 aromatic carbocycles. The van der Waals surface area contributed by atoms with Crippen LogP contribution in [-0.4, -0.2) is 11.2 Å². The zero-order valence-electron chi connectivity index (χ0n) is 8.63. The van der Waals surface area contributed by atoms with Crippen LogP contribution in [0.1, 0.15) is 19.4 Å². The van der Waals surface area contributed by atoms with E-state index >= 15 is 0 Å². The largest absolute Gasteiger partial charge is 0.477 e. The topological polar surface area (TPSA) is 9.23 Å². The van der Waals surface area contributed by atoms with E-state index in [2.05, 4.69) is 32.9 Å². The highest BCUT2D eigenvalue weighted by atomic mass is 32.2. The molecule has 72 valence electrons. The zero-order chi connectivity index (χ0) is 9.90. The molecule has 0 saturated heterocycles. The van der Waals surface area contributed by atoms with Crippen molar-refractivity contribution in [1.29, 1.82) is 0 Å². The van der Waals surface area contributed by atoms with Crippen molar-refractivity contribution in [2.45, 2.75) is 25.7 Å². The molecular weight excluding hydrogens is 180 g/mol. The fraction of sp³-hybridized carbons (Fsp3) is 0.455. The third-order valence-electron chi connectivity index (χ3n) is 1.88. The highest BCUT2D eigenvalue weighted by molar-refractivity contribution is 7.99. The highest BCUT2D eigenvalue weighted by Crippen LogP contribution is 2.26. The van der Waals surface area contributed by atoms with Crippen molar-refractivity contribution < 1.29 is 4.74 Å². The normalized spacial score (nSPS) is 11.4. The number of thioether (sulfide) groups is 1. The summed E-state index contributed by atoms with van der Waals surface area (Å²) in [7, 11) is 0. The average Bonchev–Trinajstić information content (AvgIpc) is 2.09. The smallest absolute Gasteiger partial charge is 0.148 e. The van der Waals surface area contributed by atoms with Crippen LogP contribution in [0.15, 0.2) is 24.3 Å². The first-order valence-electron chi connectivity index (χ1n) is 4.34. The fourth-order valence-corrected chi connectivity index (χ4v) is 1.11. The van der Waals surface area contributed by atoms with E-state index in [0.29, 0.717) is 0 Å². The molecular formula is C11H16OS. The number of hydrogen-bond donors (Lipinski definition) is 0. The van der Waals surface area contributed by atoms with Crippen LogP contribution < -0.4 is 4.74 Å². The molecule has 1 aromatic rings. The first kappa shape index (κ1) is 10.5. The lowest BCUT2D eigenvalue weighted by molar-refractivity contribution is 0.207. The number of rotatable bonds is 3. The predicted octanol–water partition coefficient (Wildman–Crippen LogP) is 3.47. The van der Waals surface area contributed by atoms with Crippen LogP contribution in [0.3, 0.4) is 0 Å². The average molecular weight is 196 g/mol. The molecule has 0 unspecified atom stereocenters. The number of aryl methyl sites for hydroxylation is 1. The van der Waals surface area contributed by atoms with Gasteiger partial charge in [0.15, 0.2) is 0 Å². The molecule has 1 nitrogen and oxygen atoms in total. The summed E-state index contributed by atoms with van der Waals surface area (Å²) in [5, 5.41) is 0. The van der Waals surface area contributed by atoms with E-state index in [-0.39, 0.29) is 4.93 Å². The molecule has 0 heterocycles. The third kappa shape index (κ3) is 3.31. The van der Waals surface area contributed by atoms with Gasteiger partial charge in [0.25, 0.3) is 0 Å². The van der Waals surface area contributed by atoms with E-state index in [0.717, 1.165) is 5.75 Å². The second-order valence-electron chi connectivity index (χ2n) is 3.52. The molecule has 0 atom stereocenters. The van der Waals surface area contributed by atoms with Gasteiger partial charge in [-0.2, -0.15) is 0 Å². The quantitative estimate of drug-likeness (QED) is 0.685. The summed E-state index contributed by atoms with van der Waals surface area (Å²) in [6.45, 7) is 6.21. The van der Waals surface area contributed by atoms with Crippen LogP contribution in [0.5, 0.6) is 5.75 Å². The first-order chi connectivity index (χ1) is 6.03. The Morgan fingerprint density at radius 3 is 2.15 bits per heavy atom. The van der Waals surface area contributed by atoms with Gasteiger partial charge in [-0.15, -0.1) is 11.8 Å². The van der Waals surface area contributed by atoms with Crippen LogP contribution in [0.2, 0.25) is 0 Å². The Hall–Kier alpha value is -0.630. The molecule has 0 N–H and O–H groups in total. The zero-order valence-corrected chi connectivity index (χ0v) is 9.44. The van der Waals surface area contributed by atoms with Crippen molar-refractivity contribution in [3.8, 4) is 5.75 Å². The Balaban J connectivity index is 2.69. The Morgan fingerprint density at radius 1 is 1.15 bits per heavy atom. The molecule has 0 aliphatic heterocycles. The molecule has 0 fully saturated rings. The van der Waals surface area contributed by atoms with Gasteiger partial charge >= 0.3 is 0 Å².